The summed E-state index contributed by atoms with van der Waals surface area (Å²) in [6.45, 7) is 2.08. The average molecular weight is 386 g/mol. The highest BCUT2D eigenvalue weighted by Crippen LogP contribution is 2.25. The highest BCUT2D eigenvalue weighted by molar-refractivity contribution is 6.32. The molecule has 0 saturated heterocycles. The van der Waals surface area contributed by atoms with Crippen molar-refractivity contribution in [1.29, 1.82) is 0 Å². The van der Waals surface area contributed by atoms with E-state index in [0.717, 1.165) is 16.8 Å². The molecule has 0 atom stereocenters. The van der Waals surface area contributed by atoms with Gasteiger partial charge in [0, 0.05) is 0 Å². The minimum absolute atomic E-state index is 0.167. The smallest absolute Gasteiger partial charge is 0.280 e. The topological polar surface area (TPSA) is 41.9 Å². The van der Waals surface area contributed by atoms with Gasteiger partial charge in [-0.15, -0.1) is 0 Å². The van der Waals surface area contributed by atoms with Gasteiger partial charge in [-0.25, -0.2) is 4.39 Å². The molecule has 144 valence electrons. The highest BCUT2D eigenvalue weighted by Gasteiger charge is 2.28. The minimum Gasteiger partial charge on any atom is -0.489 e. The Balaban J connectivity index is 1.52. The summed E-state index contributed by atoms with van der Waals surface area (Å²) in [5.41, 5.74) is 3.50. The van der Waals surface area contributed by atoms with Gasteiger partial charge in [0.1, 0.15) is 18.2 Å². The minimum atomic E-state index is -0.290. The number of hydrogen-bond acceptors (Lipinski definition) is 3. The molecule has 1 aliphatic rings. The number of hydrogen-bond donors (Lipinski definition) is 0. The van der Waals surface area contributed by atoms with Gasteiger partial charge in [0.05, 0.1) is 17.0 Å². The van der Waals surface area contributed by atoms with Gasteiger partial charge >= 0.3 is 0 Å². The van der Waals surface area contributed by atoms with E-state index in [-0.39, 0.29) is 18.3 Å². The van der Waals surface area contributed by atoms with E-state index in [2.05, 4.69) is 5.10 Å². The molecule has 0 unspecified atom stereocenters. The lowest BCUT2D eigenvalue weighted by atomic mass is 10.1. The van der Waals surface area contributed by atoms with Crippen LogP contribution >= 0.6 is 0 Å². The maximum absolute atomic E-state index is 13.3. The molecule has 4 rings (SSSR count). The predicted molar refractivity (Wildman–Crippen MR) is 112 cm³/mol. The van der Waals surface area contributed by atoms with Crippen LogP contribution in [0.2, 0.25) is 0 Å². The van der Waals surface area contributed by atoms with Crippen LogP contribution < -0.4 is 9.75 Å². The molecule has 0 spiro atoms. The molecule has 3 aromatic rings. The maximum Gasteiger partial charge on any atom is 0.280 e. The molecule has 1 amide bonds. The zero-order valence-corrected chi connectivity index (χ0v) is 15.9. The number of para-hydroxylation sites is 1. The number of nitrogens with zero attached hydrogens (tertiary/aromatic N) is 2. The third-order valence-electron chi connectivity index (χ3n) is 4.53. The number of anilines is 1. The molecule has 0 bridgehead atoms. The quantitative estimate of drug-likeness (QED) is 0.565. The van der Waals surface area contributed by atoms with E-state index in [1.165, 1.54) is 17.1 Å². The molecule has 0 aliphatic carbocycles. The van der Waals surface area contributed by atoms with Crippen molar-refractivity contribution < 1.29 is 13.9 Å². The Hall–Kier alpha value is -3.73. The summed E-state index contributed by atoms with van der Waals surface area (Å²) in [5.74, 6) is 0.186. The van der Waals surface area contributed by atoms with Gasteiger partial charge in [-0.1, -0.05) is 42.5 Å². The molecule has 0 N–H and O–H groups in total. The molecule has 29 heavy (non-hydrogen) atoms. The second-order valence-electron chi connectivity index (χ2n) is 6.69. The first-order valence-electron chi connectivity index (χ1n) is 9.24. The number of carbonyl (C=O) groups excluding carboxylic acids is 1. The van der Waals surface area contributed by atoms with E-state index < -0.39 is 0 Å². The normalized spacial score (nSPS) is 15.0. The van der Waals surface area contributed by atoms with E-state index in [0.29, 0.717) is 17.0 Å². The van der Waals surface area contributed by atoms with Gasteiger partial charge in [-0.05, 0) is 60.5 Å². The number of rotatable bonds is 5. The molecule has 4 nitrogen and oxygen atoms in total. The van der Waals surface area contributed by atoms with E-state index in [4.69, 9.17) is 4.74 Å². The lowest BCUT2D eigenvalue weighted by molar-refractivity contribution is -0.114. The number of amides is 1. The summed E-state index contributed by atoms with van der Waals surface area (Å²) in [5, 5.41) is 5.80. The molecule has 0 fully saturated rings. The third-order valence-corrected chi connectivity index (χ3v) is 4.53. The van der Waals surface area contributed by atoms with Crippen LogP contribution in [0, 0.1) is 5.82 Å². The van der Waals surface area contributed by atoms with Crippen molar-refractivity contribution in [3.63, 3.8) is 0 Å². The Kier molecular flexibility index (Phi) is 5.20. The average Bonchev–Trinajstić information content (AvgIpc) is 3.02. The Bertz CT molecular complexity index is 1110. The number of benzene rings is 3. The summed E-state index contributed by atoms with van der Waals surface area (Å²) in [4.78, 5) is 12.8. The summed E-state index contributed by atoms with van der Waals surface area (Å²) < 4.78 is 19.1. The Labute approximate surface area is 168 Å². The summed E-state index contributed by atoms with van der Waals surface area (Å²) in [6, 6.07) is 23.1. The monoisotopic (exact) mass is 386 g/mol. The van der Waals surface area contributed by atoms with Crippen LogP contribution in [0.4, 0.5) is 10.1 Å². The summed E-state index contributed by atoms with van der Waals surface area (Å²) >= 11 is 0. The van der Waals surface area contributed by atoms with E-state index in [9.17, 15) is 9.18 Å². The van der Waals surface area contributed by atoms with Crippen LogP contribution in [0.3, 0.4) is 0 Å². The van der Waals surface area contributed by atoms with Crippen molar-refractivity contribution in [2.45, 2.75) is 13.5 Å². The van der Waals surface area contributed by atoms with E-state index in [1.54, 1.807) is 12.1 Å². The zero-order valence-electron chi connectivity index (χ0n) is 15.9. The Morgan fingerprint density at radius 2 is 1.79 bits per heavy atom. The number of hydrazone groups is 1. The first kappa shape index (κ1) is 18.6. The molecule has 0 aromatic heterocycles. The second-order valence-corrected chi connectivity index (χ2v) is 6.69. The fraction of sp³-hybridized carbons (Fsp3) is 0.0833. The van der Waals surface area contributed by atoms with Crippen molar-refractivity contribution in [3.8, 4) is 5.75 Å². The van der Waals surface area contributed by atoms with Crippen LogP contribution in [0.1, 0.15) is 18.1 Å². The fourth-order valence-corrected chi connectivity index (χ4v) is 3.08. The maximum atomic E-state index is 13.3. The first-order chi connectivity index (χ1) is 14.1. The molecule has 0 radical (unpaired) electrons. The number of carbonyl (C=O) groups is 1. The molecular weight excluding hydrogens is 367 g/mol. The van der Waals surface area contributed by atoms with Gasteiger partial charge < -0.3 is 4.74 Å². The van der Waals surface area contributed by atoms with Gasteiger partial charge in [0.2, 0.25) is 0 Å². The molecule has 5 heteroatoms. The molecule has 1 aliphatic heterocycles. The summed E-state index contributed by atoms with van der Waals surface area (Å²) in [7, 11) is 0. The number of ether oxygens (including phenoxy) is 1. The Morgan fingerprint density at radius 1 is 1.00 bits per heavy atom. The van der Waals surface area contributed by atoms with E-state index >= 15 is 0 Å². The van der Waals surface area contributed by atoms with Crippen LogP contribution in [0.25, 0.3) is 6.08 Å². The van der Waals surface area contributed by atoms with Crippen LogP contribution in [-0.2, 0) is 11.4 Å². The molecule has 3 aromatic carbocycles. The zero-order chi connectivity index (χ0) is 20.2. The van der Waals surface area contributed by atoms with Crippen molar-refractivity contribution in [2.75, 3.05) is 5.01 Å². The third kappa shape index (κ3) is 4.24. The van der Waals surface area contributed by atoms with Crippen LogP contribution in [-0.4, -0.2) is 11.6 Å². The van der Waals surface area contributed by atoms with Crippen LogP contribution in [0.15, 0.2) is 89.5 Å². The van der Waals surface area contributed by atoms with Gasteiger partial charge in [0.15, 0.2) is 0 Å². The molecular formula is C24H19FN2O2. The van der Waals surface area contributed by atoms with Crippen molar-refractivity contribution in [3.05, 3.63) is 101 Å². The van der Waals surface area contributed by atoms with Crippen LogP contribution in [0.5, 0.6) is 5.75 Å². The molecule has 1 heterocycles. The van der Waals surface area contributed by atoms with Gasteiger partial charge in [-0.2, -0.15) is 10.1 Å². The first-order valence-corrected chi connectivity index (χ1v) is 9.24. The standard InChI is InChI=1S/C24H19FN2O2/c1-17-23(24(28)27(26-17)21-10-3-2-4-11-21)15-18-7-6-12-22(14-18)29-16-19-8-5-9-20(25)13-19/h2-15H,16H2,1H3/b23-15+. The van der Waals surface area contributed by atoms with Crippen molar-refractivity contribution in [2.24, 2.45) is 5.10 Å². The predicted octanol–water partition coefficient (Wildman–Crippen LogP) is 5.21. The lowest BCUT2D eigenvalue weighted by Crippen LogP contribution is -2.21. The SMILES string of the molecule is CC1=NN(c2ccccc2)C(=O)/C1=C/c1cccc(OCc2cccc(F)c2)c1. The van der Waals surface area contributed by atoms with E-state index in [1.807, 2.05) is 67.6 Å². The summed E-state index contributed by atoms with van der Waals surface area (Å²) in [6.07, 6.45) is 1.80. The van der Waals surface area contributed by atoms with Gasteiger partial charge in [0.25, 0.3) is 5.91 Å². The number of halogens is 1. The molecule has 0 saturated carbocycles. The van der Waals surface area contributed by atoms with Crippen molar-refractivity contribution in [1.82, 2.24) is 0 Å². The highest BCUT2D eigenvalue weighted by atomic mass is 19.1. The lowest BCUT2D eigenvalue weighted by Gasteiger charge is -2.11. The van der Waals surface area contributed by atoms with Gasteiger partial charge in [-0.3, -0.25) is 4.79 Å². The second kappa shape index (κ2) is 8.10. The fourth-order valence-electron chi connectivity index (χ4n) is 3.08. The largest absolute Gasteiger partial charge is 0.489 e. The van der Waals surface area contributed by atoms with Crippen molar-refractivity contribution >= 4 is 23.4 Å². The Morgan fingerprint density at radius 3 is 2.59 bits per heavy atom.